The van der Waals surface area contributed by atoms with Crippen molar-refractivity contribution in [2.24, 2.45) is 0 Å². The lowest BCUT2D eigenvalue weighted by Crippen LogP contribution is -2.60. The van der Waals surface area contributed by atoms with Crippen molar-refractivity contribution in [3.8, 4) is 0 Å². The summed E-state index contributed by atoms with van der Waals surface area (Å²) in [7, 11) is 0. The van der Waals surface area contributed by atoms with Crippen LogP contribution in [0.1, 0.15) is 380 Å². The lowest BCUT2D eigenvalue weighted by atomic mass is 9.99. The van der Waals surface area contributed by atoms with Crippen LogP contribution in [0.5, 0.6) is 0 Å². The Hall–Kier alpha value is -2.89. The number of nitrogens with one attached hydrogen (secondary N) is 1. The summed E-state index contributed by atoms with van der Waals surface area (Å²) in [4.78, 5) is 13.2. The molecule has 546 valence electrons. The van der Waals surface area contributed by atoms with Gasteiger partial charge in [0.2, 0.25) is 5.91 Å². The van der Waals surface area contributed by atoms with Gasteiger partial charge in [0, 0.05) is 6.42 Å². The fourth-order valence-corrected chi connectivity index (χ4v) is 12.7. The van der Waals surface area contributed by atoms with Gasteiger partial charge in [-0.05, 0) is 77.0 Å². The van der Waals surface area contributed by atoms with Crippen LogP contribution >= 0.6 is 0 Å². The summed E-state index contributed by atoms with van der Waals surface area (Å²) in [5.74, 6) is -0.140. The number of rotatable bonds is 71. The molecule has 1 saturated heterocycles. The van der Waals surface area contributed by atoms with E-state index >= 15 is 0 Å². The first-order valence-electron chi connectivity index (χ1n) is 40.4. The van der Waals surface area contributed by atoms with Crippen LogP contribution in [0.25, 0.3) is 0 Å². The van der Waals surface area contributed by atoms with E-state index in [-0.39, 0.29) is 12.5 Å². The van der Waals surface area contributed by atoms with Crippen LogP contribution in [-0.2, 0) is 14.3 Å². The molecule has 9 heteroatoms. The van der Waals surface area contributed by atoms with E-state index in [4.69, 9.17) is 9.47 Å². The summed E-state index contributed by atoms with van der Waals surface area (Å²) in [6.07, 6.45) is 99.4. The average Bonchev–Trinajstić information content (AvgIpc) is 0.831. The van der Waals surface area contributed by atoms with E-state index in [0.29, 0.717) is 12.8 Å². The molecule has 0 spiro atoms. The lowest BCUT2D eigenvalue weighted by Gasteiger charge is -2.40. The topological polar surface area (TPSA) is 149 Å². The number of hydrogen-bond donors (Lipinski definition) is 6. The second-order valence-corrected chi connectivity index (χ2v) is 27.8. The van der Waals surface area contributed by atoms with Crippen LogP contribution in [0, 0.1) is 0 Å². The van der Waals surface area contributed by atoms with Gasteiger partial charge in [-0.1, -0.05) is 394 Å². The molecule has 0 saturated carbocycles. The maximum Gasteiger partial charge on any atom is 0.220 e. The number of amides is 1. The molecule has 6 N–H and O–H groups in total. The van der Waals surface area contributed by atoms with Gasteiger partial charge in [0.05, 0.1) is 25.4 Å². The minimum Gasteiger partial charge on any atom is -0.394 e. The van der Waals surface area contributed by atoms with Crippen LogP contribution in [0.15, 0.2) is 97.2 Å². The van der Waals surface area contributed by atoms with Gasteiger partial charge in [-0.25, -0.2) is 0 Å². The van der Waals surface area contributed by atoms with Gasteiger partial charge in [-0.15, -0.1) is 0 Å². The van der Waals surface area contributed by atoms with Gasteiger partial charge >= 0.3 is 0 Å². The first-order valence-corrected chi connectivity index (χ1v) is 40.4. The van der Waals surface area contributed by atoms with Crippen molar-refractivity contribution < 1.29 is 39.8 Å². The molecule has 1 heterocycles. The van der Waals surface area contributed by atoms with Crippen LogP contribution in [-0.4, -0.2) is 87.5 Å². The number of carbonyl (C=O) groups is 1. The minimum atomic E-state index is -1.56. The molecule has 9 nitrogen and oxygen atoms in total. The summed E-state index contributed by atoms with van der Waals surface area (Å²) in [5.41, 5.74) is 0. The quantitative estimate of drug-likeness (QED) is 0.0261. The van der Waals surface area contributed by atoms with Crippen molar-refractivity contribution >= 4 is 5.91 Å². The first-order chi connectivity index (χ1) is 46.3. The van der Waals surface area contributed by atoms with E-state index in [1.807, 2.05) is 0 Å². The molecule has 0 aromatic rings. The zero-order valence-electron chi connectivity index (χ0n) is 61.5. The average molecular weight is 1320 g/mol. The predicted octanol–water partition coefficient (Wildman–Crippen LogP) is 23.4. The zero-order chi connectivity index (χ0) is 67.8. The highest BCUT2D eigenvalue weighted by Gasteiger charge is 2.44. The van der Waals surface area contributed by atoms with Crippen molar-refractivity contribution in [2.75, 3.05) is 13.2 Å². The molecule has 1 aliphatic rings. The summed E-state index contributed by atoms with van der Waals surface area (Å²) in [5, 5.41) is 55.1. The first kappa shape index (κ1) is 89.1. The Morgan fingerprint density at radius 1 is 0.372 bits per heavy atom. The molecule has 7 unspecified atom stereocenters. The van der Waals surface area contributed by atoms with Crippen molar-refractivity contribution in [2.45, 2.75) is 423 Å². The van der Waals surface area contributed by atoms with Crippen LogP contribution < -0.4 is 5.32 Å². The standard InChI is InChI=1S/C85H153NO8/c1-3-5-7-9-11-13-15-17-19-21-23-25-27-29-31-33-35-36-37-38-39-40-41-42-43-44-45-47-49-51-53-55-57-59-61-63-65-67-69-71-73-75-81(89)86-78(77-93-85-84(92)83(91)82(90)80(76-87)94-85)79(88)74-72-70-68-66-64-62-60-58-56-54-52-50-48-46-34-32-30-28-26-24-22-20-18-16-14-12-10-8-6-4-2/h5,7,11,13,17,19,23,25,29,31,35-36,38-39,41-42,78-80,82-85,87-88,90-92H,3-4,6,8-10,12,14-16,18,20-22,24,26-28,30,32-34,37,40,43-77H2,1-2H3,(H,86,89)/b7-5-,13-11-,19-17-,25-23-,31-29-,36-35-,39-38-,42-41-. The monoisotopic (exact) mass is 1320 g/mol. The Balaban J connectivity index is 2.06. The third kappa shape index (κ3) is 60.3. The molecule has 94 heavy (non-hydrogen) atoms. The van der Waals surface area contributed by atoms with Gasteiger partial charge in [0.25, 0.3) is 0 Å². The molecule has 1 aliphatic heterocycles. The van der Waals surface area contributed by atoms with Crippen molar-refractivity contribution in [1.82, 2.24) is 5.32 Å². The predicted molar refractivity (Wildman–Crippen MR) is 405 cm³/mol. The summed E-state index contributed by atoms with van der Waals surface area (Å²) >= 11 is 0. The van der Waals surface area contributed by atoms with E-state index in [0.717, 1.165) is 89.9 Å². The second-order valence-electron chi connectivity index (χ2n) is 27.8. The largest absolute Gasteiger partial charge is 0.394 e. The fraction of sp³-hybridized carbons (Fsp3) is 0.800. The van der Waals surface area contributed by atoms with E-state index < -0.39 is 49.5 Å². The summed E-state index contributed by atoms with van der Waals surface area (Å²) in [6.45, 7) is 3.77. The number of aliphatic hydroxyl groups is 5. The molecular weight excluding hydrogens is 1160 g/mol. The molecule has 1 rings (SSSR count). The maximum atomic E-state index is 13.2. The van der Waals surface area contributed by atoms with E-state index in [2.05, 4.69) is 116 Å². The number of ether oxygens (including phenoxy) is 2. The van der Waals surface area contributed by atoms with Gasteiger partial charge < -0.3 is 40.3 Å². The zero-order valence-corrected chi connectivity index (χ0v) is 61.5. The lowest BCUT2D eigenvalue weighted by molar-refractivity contribution is -0.302. The third-order valence-electron chi connectivity index (χ3n) is 19.0. The highest BCUT2D eigenvalue weighted by Crippen LogP contribution is 2.24. The molecular formula is C85H153NO8. The Kier molecular flexibility index (Phi) is 69.1. The Morgan fingerprint density at radius 3 is 0.979 bits per heavy atom. The van der Waals surface area contributed by atoms with E-state index in [1.54, 1.807) is 0 Å². The molecule has 0 bridgehead atoms. The number of carbonyl (C=O) groups excluding carboxylic acids is 1. The number of allylic oxidation sites excluding steroid dienone is 16. The van der Waals surface area contributed by atoms with Crippen LogP contribution in [0.3, 0.4) is 0 Å². The van der Waals surface area contributed by atoms with E-state index in [9.17, 15) is 30.3 Å². The number of aliphatic hydroxyl groups excluding tert-OH is 5. The molecule has 0 aromatic heterocycles. The normalized spacial score (nSPS) is 18.1. The third-order valence-corrected chi connectivity index (χ3v) is 19.0. The molecule has 0 radical (unpaired) electrons. The molecule has 1 fully saturated rings. The Morgan fingerprint density at radius 2 is 0.660 bits per heavy atom. The molecule has 1 amide bonds. The number of hydrogen-bond acceptors (Lipinski definition) is 8. The maximum absolute atomic E-state index is 13.2. The molecule has 0 aromatic carbocycles. The SMILES string of the molecule is CC/C=C\C/C=C\C/C=C\C/C=C\C/C=C\C/C=C\C/C=C\C/C=C\CCCCCCCCCCCCCCCCCCC(=O)NC(COC1OC(CO)C(O)C(O)C1O)C(O)CCCCCCCCCCCCCCCCCCCCCCCCCCCCCCCC. The Labute approximate surface area is 581 Å². The molecule has 7 atom stereocenters. The fourth-order valence-electron chi connectivity index (χ4n) is 12.7. The number of unbranched alkanes of at least 4 members (excludes halogenated alkanes) is 45. The van der Waals surface area contributed by atoms with Gasteiger partial charge in [0.15, 0.2) is 6.29 Å². The highest BCUT2D eigenvalue weighted by atomic mass is 16.7. The van der Waals surface area contributed by atoms with Gasteiger partial charge in [-0.2, -0.15) is 0 Å². The van der Waals surface area contributed by atoms with Crippen molar-refractivity contribution in [1.29, 1.82) is 0 Å². The smallest absolute Gasteiger partial charge is 0.220 e. The minimum absolute atomic E-state index is 0.138. The van der Waals surface area contributed by atoms with Gasteiger partial charge in [-0.3, -0.25) is 4.79 Å². The van der Waals surface area contributed by atoms with Crippen LogP contribution in [0.4, 0.5) is 0 Å². The summed E-state index contributed by atoms with van der Waals surface area (Å²) < 4.78 is 11.4. The highest BCUT2D eigenvalue weighted by molar-refractivity contribution is 5.76. The van der Waals surface area contributed by atoms with Crippen molar-refractivity contribution in [3.05, 3.63) is 97.2 Å². The summed E-state index contributed by atoms with van der Waals surface area (Å²) in [6, 6.07) is -0.725. The van der Waals surface area contributed by atoms with Gasteiger partial charge in [0.1, 0.15) is 24.4 Å². The van der Waals surface area contributed by atoms with Crippen molar-refractivity contribution in [3.63, 3.8) is 0 Å². The Bertz CT molecular complexity index is 1820. The van der Waals surface area contributed by atoms with Crippen LogP contribution in [0.2, 0.25) is 0 Å². The van der Waals surface area contributed by atoms with E-state index in [1.165, 1.54) is 263 Å². The second kappa shape index (κ2) is 72.8. The molecule has 0 aliphatic carbocycles.